The molecule has 1 aromatic carbocycles. The first-order chi connectivity index (χ1) is 8.97. The summed E-state index contributed by atoms with van der Waals surface area (Å²) in [6.07, 6.45) is 0.326. The Hall–Kier alpha value is -1.63. The second kappa shape index (κ2) is 5.56. The summed E-state index contributed by atoms with van der Waals surface area (Å²) in [6, 6.07) is 6.09. The van der Waals surface area contributed by atoms with Gasteiger partial charge in [-0.2, -0.15) is 8.78 Å². The van der Waals surface area contributed by atoms with Gasteiger partial charge in [0.05, 0.1) is 11.8 Å². The Kier molecular flexibility index (Phi) is 4.04. The molecular weight excluding hydrogens is 276 g/mol. The number of thioether (sulfide) groups is 1. The number of anilines is 1. The molecule has 0 bridgehead atoms. The number of carboxylic acids is 1. The summed E-state index contributed by atoms with van der Waals surface area (Å²) in [5, 5.41) is 11.3. The van der Waals surface area contributed by atoms with Gasteiger partial charge < -0.3 is 10.4 Å². The van der Waals surface area contributed by atoms with E-state index in [0.717, 1.165) is 0 Å². The number of aliphatic carboxylic acids is 1. The molecule has 0 spiro atoms. The molecule has 0 saturated heterocycles. The quantitative estimate of drug-likeness (QED) is 0.817. The van der Waals surface area contributed by atoms with Crippen LogP contribution in [0.25, 0.3) is 0 Å². The van der Waals surface area contributed by atoms with Gasteiger partial charge in [0.25, 0.3) is 5.76 Å². The topological polar surface area (TPSA) is 66.4 Å². The number of rotatable bonds is 5. The molecule has 2 N–H and O–H groups in total. The van der Waals surface area contributed by atoms with Crippen molar-refractivity contribution in [3.05, 3.63) is 24.3 Å². The fourth-order valence-corrected chi connectivity index (χ4v) is 2.30. The predicted octanol–water partition coefficient (Wildman–Crippen LogP) is 2.66. The lowest BCUT2D eigenvalue weighted by Gasteiger charge is -2.06. The Morgan fingerprint density at radius 1 is 1.37 bits per heavy atom. The highest BCUT2D eigenvalue weighted by Gasteiger charge is 2.48. The first-order valence-electron chi connectivity index (χ1n) is 5.56. The second-order valence-corrected chi connectivity index (χ2v) is 5.25. The lowest BCUT2D eigenvalue weighted by molar-refractivity contribution is -0.139. The van der Waals surface area contributed by atoms with Crippen molar-refractivity contribution in [3.8, 4) is 0 Å². The summed E-state index contributed by atoms with van der Waals surface area (Å²) in [4.78, 5) is 22.7. The van der Waals surface area contributed by atoms with Gasteiger partial charge in [-0.25, -0.2) is 0 Å². The Morgan fingerprint density at radius 3 is 2.68 bits per heavy atom. The van der Waals surface area contributed by atoms with Crippen LogP contribution in [0.5, 0.6) is 0 Å². The average Bonchev–Trinajstić information content (AvgIpc) is 3.08. The zero-order valence-corrected chi connectivity index (χ0v) is 10.5. The molecule has 0 heterocycles. The van der Waals surface area contributed by atoms with Crippen LogP contribution in [-0.2, 0) is 9.59 Å². The van der Waals surface area contributed by atoms with Crippen molar-refractivity contribution in [1.29, 1.82) is 0 Å². The monoisotopic (exact) mass is 287 g/mol. The van der Waals surface area contributed by atoms with Crippen molar-refractivity contribution in [2.24, 2.45) is 11.8 Å². The minimum atomic E-state index is -2.52. The maximum Gasteiger partial charge on any atom is 0.307 e. The molecule has 1 amide bonds. The molecule has 1 aromatic rings. The first kappa shape index (κ1) is 13.8. The van der Waals surface area contributed by atoms with Gasteiger partial charge in [-0.15, -0.1) is 0 Å². The lowest BCUT2D eigenvalue weighted by atomic mass is 10.2. The van der Waals surface area contributed by atoms with E-state index >= 15 is 0 Å². The van der Waals surface area contributed by atoms with E-state index in [0.29, 0.717) is 28.8 Å². The molecule has 2 atom stereocenters. The van der Waals surface area contributed by atoms with E-state index in [4.69, 9.17) is 5.11 Å². The smallest absolute Gasteiger partial charge is 0.307 e. The standard InChI is InChI=1S/C12H11F2NO3S/c13-12(14)19-7-3-1-2-6(4-7)15-10(16)8-5-9(8)11(17)18/h1-4,8-9,12H,5H2,(H,15,16)(H,17,18). The molecule has 2 rings (SSSR count). The van der Waals surface area contributed by atoms with Gasteiger partial charge in [-0.3, -0.25) is 9.59 Å². The third-order valence-electron chi connectivity index (χ3n) is 2.77. The highest BCUT2D eigenvalue weighted by atomic mass is 32.2. The van der Waals surface area contributed by atoms with Crippen LogP contribution in [-0.4, -0.2) is 22.7 Å². The van der Waals surface area contributed by atoms with E-state index in [-0.39, 0.29) is 5.91 Å². The maximum atomic E-state index is 12.2. The van der Waals surface area contributed by atoms with Crippen molar-refractivity contribution >= 4 is 29.3 Å². The Bertz CT molecular complexity index is 510. The number of carbonyl (C=O) groups is 2. The van der Waals surface area contributed by atoms with Crippen molar-refractivity contribution in [2.45, 2.75) is 17.1 Å². The molecular formula is C12H11F2NO3S. The summed E-state index contributed by atoms with van der Waals surface area (Å²) in [6.45, 7) is 0. The van der Waals surface area contributed by atoms with Crippen molar-refractivity contribution < 1.29 is 23.5 Å². The molecule has 4 nitrogen and oxygen atoms in total. The van der Waals surface area contributed by atoms with Crippen LogP contribution in [0.2, 0.25) is 0 Å². The van der Waals surface area contributed by atoms with Crippen molar-refractivity contribution in [3.63, 3.8) is 0 Å². The largest absolute Gasteiger partial charge is 0.481 e. The second-order valence-electron chi connectivity index (χ2n) is 4.18. The van der Waals surface area contributed by atoms with Gasteiger partial charge >= 0.3 is 5.97 Å². The molecule has 102 valence electrons. The molecule has 1 fully saturated rings. The Balaban J connectivity index is 1.96. The zero-order valence-electron chi connectivity index (χ0n) is 9.68. The molecule has 1 saturated carbocycles. The van der Waals surface area contributed by atoms with E-state index in [1.54, 1.807) is 12.1 Å². The number of benzene rings is 1. The summed E-state index contributed by atoms with van der Waals surface area (Å²) >= 11 is 0.390. The number of carboxylic acid groups (broad SMARTS) is 1. The average molecular weight is 287 g/mol. The van der Waals surface area contributed by atoms with E-state index < -0.39 is 23.6 Å². The normalized spacial score (nSPS) is 21.2. The van der Waals surface area contributed by atoms with Gasteiger partial charge in [0.2, 0.25) is 5.91 Å². The van der Waals surface area contributed by atoms with E-state index in [2.05, 4.69) is 5.32 Å². The van der Waals surface area contributed by atoms with Gasteiger partial charge in [-0.1, -0.05) is 17.8 Å². The van der Waals surface area contributed by atoms with Crippen LogP contribution in [0.15, 0.2) is 29.2 Å². The Morgan fingerprint density at radius 2 is 2.11 bits per heavy atom. The molecule has 0 aliphatic heterocycles. The van der Waals surface area contributed by atoms with Gasteiger partial charge in [0.15, 0.2) is 0 Å². The van der Waals surface area contributed by atoms with E-state index in [1.165, 1.54) is 12.1 Å². The number of hydrogen-bond acceptors (Lipinski definition) is 3. The zero-order chi connectivity index (χ0) is 14.0. The summed E-state index contributed by atoms with van der Waals surface area (Å²) in [5.41, 5.74) is 0.395. The molecule has 0 aromatic heterocycles. The number of nitrogens with one attached hydrogen (secondary N) is 1. The molecule has 2 unspecified atom stereocenters. The van der Waals surface area contributed by atoms with Crippen LogP contribution in [0, 0.1) is 11.8 Å². The number of hydrogen-bond donors (Lipinski definition) is 2. The minimum absolute atomic E-state index is 0.326. The summed E-state index contributed by atoms with van der Waals surface area (Å²) < 4.78 is 24.4. The van der Waals surface area contributed by atoms with Crippen LogP contribution in [0.3, 0.4) is 0 Å². The van der Waals surface area contributed by atoms with Gasteiger partial charge in [0, 0.05) is 10.6 Å². The maximum absolute atomic E-state index is 12.2. The van der Waals surface area contributed by atoms with Crippen LogP contribution >= 0.6 is 11.8 Å². The van der Waals surface area contributed by atoms with Crippen molar-refractivity contribution in [2.75, 3.05) is 5.32 Å². The van der Waals surface area contributed by atoms with E-state index in [9.17, 15) is 18.4 Å². The Labute approximate surface area is 112 Å². The predicted molar refractivity (Wildman–Crippen MR) is 66.2 cm³/mol. The van der Waals surface area contributed by atoms with Gasteiger partial charge in [0.1, 0.15) is 0 Å². The highest BCUT2D eigenvalue weighted by molar-refractivity contribution is 7.99. The number of amides is 1. The molecule has 1 aliphatic rings. The fraction of sp³-hybridized carbons (Fsp3) is 0.333. The minimum Gasteiger partial charge on any atom is -0.481 e. The van der Waals surface area contributed by atoms with Crippen molar-refractivity contribution in [1.82, 2.24) is 0 Å². The summed E-state index contributed by atoms with van der Waals surface area (Å²) in [5.74, 6) is -5.04. The number of carbonyl (C=O) groups excluding carboxylic acids is 1. The number of halogens is 2. The van der Waals surface area contributed by atoms with Crippen LogP contribution in [0.1, 0.15) is 6.42 Å². The third-order valence-corrected chi connectivity index (χ3v) is 3.48. The van der Waals surface area contributed by atoms with E-state index in [1.807, 2.05) is 0 Å². The highest BCUT2D eigenvalue weighted by Crippen LogP contribution is 2.39. The SMILES string of the molecule is O=C(O)C1CC1C(=O)Nc1cccc(SC(F)F)c1. The molecule has 7 heteroatoms. The fourth-order valence-electron chi connectivity index (χ4n) is 1.74. The van der Waals surface area contributed by atoms with Gasteiger partial charge in [-0.05, 0) is 24.6 Å². The lowest BCUT2D eigenvalue weighted by Crippen LogP contribution is -2.16. The molecule has 1 aliphatic carbocycles. The first-order valence-corrected chi connectivity index (χ1v) is 6.44. The van der Waals surface area contributed by atoms with Crippen LogP contribution in [0.4, 0.5) is 14.5 Å². The molecule has 0 radical (unpaired) electrons. The summed E-state index contributed by atoms with van der Waals surface area (Å²) in [7, 11) is 0. The number of alkyl halides is 2. The molecule has 19 heavy (non-hydrogen) atoms. The third kappa shape index (κ3) is 3.66. The van der Waals surface area contributed by atoms with Crippen LogP contribution < -0.4 is 5.32 Å².